The average Bonchev–Trinajstić information content (AvgIpc) is 2.99. The van der Waals surface area contributed by atoms with Crippen molar-refractivity contribution < 1.29 is 27.5 Å². The molecule has 8 heteroatoms. The van der Waals surface area contributed by atoms with Gasteiger partial charge in [0.05, 0.1) is 0 Å². The fraction of sp³-hybridized carbons (Fsp3) is 0.875. The number of nitrogens with one attached hydrogen (secondary N) is 1. The van der Waals surface area contributed by atoms with E-state index in [9.17, 15) is 15.0 Å². The van der Waals surface area contributed by atoms with E-state index in [4.69, 9.17) is 12.5 Å². The standard InChI is InChI=1S/C8H13NO6.Pb/c1-3(11)9-5-7(13)6(12)4(2-10)15-8(5)14;/h4-7,10,12-13H,2H2,1H3,(H,9,11);/q-1;+1. The van der Waals surface area contributed by atoms with Gasteiger partial charge in [-0.25, -0.2) is 0 Å². The van der Waals surface area contributed by atoms with Crippen molar-refractivity contribution in [3.63, 3.8) is 0 Å². The molecule has 5 unspecified atom stereocenters. The van der Waals surface area contributed by atoms with Crippen LogP contribution in [-0.2, 0) is 12.2 Å². The van der Waals surface area contributed by atoms with Crippen molar-refractivity contribution in [3.8, 4) is 0 Å². The number of carbonyl (C=O) groups is 1. The summed E-state index contributed by atoms with van der Waals surface area (Å²) in [7, 11) is 0. The van der Waals surface area contributed by atoms with Crippen molar-refractivity contribution in [2.75, 3.05) is 6.61 Å². The van der Waals surface area contributed by atoms with E-state index in [0.717, 1.165) is 0 Å². The maximum absolute atomic E-state index is 11.0. The third-order valence-electron chi connectivity index (χ3n) is 2.65. The van der Waals surface area contributed by atoms with Gasteiger partial charge in [-0.1, -0.05) is 0 Å². The van der Waals surface area contributed by atoms with Crippen molar-refractivity contribution in [2.45, 2.75) is 34.6 Å². The van der Waals surface area contributed by atoms with Crippen LogP contribution in [0.5, 0.6) is 0 Å². The summed E-state index contributed by atoms with van der Waals surface area (Å²) in [5.74, 6) is -0.319. The molecule has 2 aliphatic rings. The van der Waals surface area contributed by atoms with Crippen LogP contribution < -0.4 is 5.32 Å². The first-order valence-corrected chi connectivity index (χ1v) is 8.40. The number of amides is 1. The van der Waals surface area contributed by atoms with Crippen molar-refractivity contribution in [3.05, 3.63) is 0 Å². The molecule has 5 atom stereocenters. The van der Waals surface area contributed by atoms with Crippen LogP contribution in [0.25, 0.3) is 0 Å². The molecule has 0 aromatic rings. The molecule has 0 aromatic carbocycles. The summed E-state index contributed by atoms with van der Waals surface area (Å²) in [6, 6.07) is -0.730. The van der Waals surface area contributed by atoms with E-state index in [2.05, 4.69) is 5.32 Å². The van der Waals surface area contributed by atoms with Gasteiger partial charge in [0.2, 0.25) is 0 Å². The van der Waals surface area contributed by atoms with Gasteiger partial charge in [0, 0.05) is 0 Å². The number of hydrogen-bond donors (Lipinski definition) is 4. The van der Waals surface area contributed by atoms with Gasteiger partial charge in [-0.3, -0.25) is 0 Å². The molecule has 2 rings (SSSR count). The summed E-state index contributed by atoms with van der Waals surface area (Å²) in [6.45, 7) is 0.931. The molecule has 1 amide bonds. The molecule has 0 aliphatic carbocycles. The van der Waals surface area contributed by atoms with Crippen molar-refractivity contribution in [1.82, 2.24) is 5.32 Å². The maximum atomic E-state index is 11.0. The monoisotopic (exact) mass is 427 g/mol. The summed E-state index contributed by atoms with van der Waals surface area (Å²) in [5.41, 5.74) is 0. The van der Waals surface area contributed by atoms with Crippen LogP contribution in [0.1, 0.15) is 6.92 Å². The summed E-state index contributed by atoms with van der Waals surface area (Å²) in [6.07, 6.45) is -3.25. The molecule has 2 radical (unpaired) electrons. The first-order chi connectivity index (χ1) is 7.50. The Bertz CT molecular complexity index is 296. The molecule has 4 N–H and O–H groups in total. The first-order valence-electron chi connectivity index (χ1n) is 4.87. The number of hydrogen-bond acceptors (Lipinski definition) is 6. The molecule has 2 saturated heterocycles. The number of aliphatic hydroxyl groups excluding tert-OH is 3. The van der Waals surface area contributed by atoms with Crippen LogP contribution in [0.3, 0.4) is 0 Å². The molecular weight excluding hydrogens is 413 g/mol. The molecule has 16 heavy (non-hydrogen) atoms. The van der Waals surface area contributed by atoms with Crippen molar-refractivity contribution in [2.24, 2.45) is 0 Å². The minimum atomic E-state index is -1.48. The summed E-state index contributed by atoms with van der Waals surface area (Å²) >= 11 is -1.48. The summed E-state index contributed by atoms with van der Waals surface area (Å²) in [4.78, 5) is 11.0. The Balaban J connectivity index is 2.15. The Labute approximate surface area is 105 Å². The Morgan fingerprint density at radius 2 is 2.12 bits per heavy atom. The number of carbonyl (C=O) groups excluding carboxylic acids is 1. The second-order valence-corrected chi connectivity index (χ2v) is 8.17. The normalized spacial score (nSPS) is 46.8. The van der Waals surface area contributed by atoms with E-state index in [1.165, 1.54) is 6.92 Å². The minimum absolute atomic E-state index is 0.319. The molecule has 2 aliphatic heterocycles. The molecule has 0 aromatic heterocycles. The number of rotatable bonds is 2. The van der Waals surface area contributed by atoms with Crippen LogP contribution in [-0.4, -0.2) is 80.2 Å². The molecule has 0 bridgehead atoms. The Kier molecular flexibility index (Phi) is 3.52. The molecule has 1 spiro atoms. The predicted octanol–water partition coefficient (Wildman–Crippen LogP) is -3.09. The van der Waals surface area contributed by atoms with Gasteiger partial charge in [0.25, 0.3) is 0 Å². The van der Waals surface area contributed by atoms with Crippen LogP contribution in [0.15, 0.2) is 0 Å². The zero-order valence-electron chi connectivity index (χ0n) is 8.58. The fourth-order valence-corrected chi connectivity index (χ4v) is 5.06. The van der Waals surface area contributed by atoms with E-state index in [1.807, 2.05) is 0 Å². The van der Waals surface area contributed by atoms with Gasteiger partial charge in [0.15, 0.2) is 0 Å². The van der Waals surface area contributed by atoms with E-state index >= 15 is 0 Å². The van der Waals surface area contributed by atoms with Crippen LogP contribution in [0, 0.1) is 0 Å². The van der Waals surface area contributed by atoms with Gasteiger partial charge < -0.3 is 0 Å². The van der Waals surface area contributed by atoms with Gasteiger partial charge in [-0.2, -0.15) is 0 Å². The molecule has 7 nitrogen and oxygen atoms in total. The number of aliphatic hydroxyl groups is 3. The van der Waals surface area contributed by atoms with E-state index < -0.39 is 52.4 Å². The topological polar surface area (TPSA) is 112 Å². The predicted molar refractivity (Wildman–Crippen MR) is 51.1 cm³/mol. The quantitative estimate of drug-likeness (QED) is 0.275. The summed E-state index contributed by atoms with van der Waals surface area (Å²) in [5, 5.41) is 31.0. The zero-order valence-corrected chi connectivity index (χ0v) is 12.5. The second-order valence-electron chi connectivity index (χ2n) is 3.87. The molecule has 2 fully saturated rings. The van der Waals surface area contributed by atoms with Gasteiger partial charge >= 0.3 is 105 Å². The van der Waals surface area contributed by atoms with Crippen LogP contribution in [0.2, 0.25) is 0 Å². The van der Waals surface area contributed by atoms with Gasteiger partial charge in [-0.05, 0) is 0 Å². The summed E-state index contributed by atoms with van der Waals surface area (Å²) < 4.78 is 9.79. The third kappa shape index (κ3) is 2.11. The second kappa shape index (κ2) is 4.46. The van der Waals surface area contributed by atoms with Gasteiger partial charge in [0.1, 0.15) is 0 Å². The van der Waals surface area contributed by atoms with E-state index in [1.54, 1.807) is 0 Å². The van der Waals surface area contributed by atoms with Crippen molar-refractivity contribution >= 4 is 30.6 Å². The molecule has 0 saturated carbocycles. The number of ether oxygens (including phenoxy) is 1. The van der Waals surface area contributed by atoms with Crippen LogP contribution in [0.4, 0.5) is 0 Å². The molecular formula is C8H13NO6Pb. The SMILES string of the molecule is CC(=O)NC1C(O)C(O)C(CO)O[C]12[O][Pb]2. The Hall–Kier alpha value is 0.192. The zero-order chi connectivity index (χ0) is 11.9. The van der Waals surface area contributed by atoms with Crippen molar-refractivity contribution in [1.29, 1.82) is 0 Å². The van der Waals surface area contributed by atoms with Gasteiger partial charge in [-0.15, -0.1) is 0 Å². The fourth-order valence-electron chi connectivity index (χ4n) is 1.78. The molecule has 90 valence electrons. The van der Waals surface area contributed by atoms with E-state index in [-0.39, 0.29) is 12.5 Å². The average molecular weight is 426 g/mol. The Morgan fingerprint density at radius 1 is 1.50 bits per heavy atom. The first kappa shape index (κ1) is 12.6. The van der Waals surface area contributed by atoms with E-state index in [0.29, 0.717) is 0 Å². The third-order valence-corrected chi connectivity index (χ3v) is 6.68. The van der Waals surface area contributed by atoms with Crippen LogP contribution >= 0.6 is 0 Å². The molecule has 2 heterocycles. The Morgan fingerprint density at radius 3 is 2.56 bits per heavy atom.